The van der Waals surface area contributed by atoms with Gasteiger partial charge in [0.25, 0.3) is 0 Å². The second-order valence-corrected chi connectivity index (χ2v) is 3.57. The number of aliphatic hydroxyl groups excluding tert-OH is 1. The van der Waals surface area contributed by atoms with Gasteiger partial charge in [0.15, 0.2) is 0 Å². The molecule has 1 nitrogen and oxygen atoms in total. The van der Waals surface area contributed by atoms with E-state index in [1.807, 2.05) is 6.92 Å². The molecule has 0 heterocycles. The van der Waals surface area contributed by atoms with E-state index in [2.05, 4.69) is 49.4 Å². The second kappa shape index (κ2) is 6.20. The van der Waals surface area contributed by atoms with E-state index < -0.39 is 0 Å². The molecular formula is C14H18O. The van der Waals surface area contributed by atoms with E-state index >= 15 is 0 Å². The van der Waals surface area contributed by atoms with Gasteiger partial charge in [-0.05, 0) is 24.1 Å². The molecule has 2 aromatic carbocycles. The predicted octanol–water partition coefficient (Wildman–Crippen LogP) is 3.54. The van der Waals surface area contributed by atoms with Gasteiger partial charge >= 0.3 is 0 Å². The van der Waals surface area contributed by atoms with Crippen LogP contribution in [0.3, 0.4) is 0 Å². The van der Waals surface area contributed by atoms with Crippen LogP contribution in [-0.4, -0.2) is 11.7 Å². The lowest BCUT2D eigenvalue weighted by molar-refractivity contribution is 0.295. The maximum Gasteiger partial charge on any atom is 0.0428 e. The van der Waals surface area contributed by atoms with Crippen molar-refractivity contribution in [2.75, 3.05) is 6.61 Å². The van der Waals surface area contributed by atoms with E-state index in [1.54, 1.807) is 0 Å². The molecule has 0 fully saturated rings. The highest BCUT2D eigenvalue weighted by molar-refractivity contribution is 5.82. The normalized spacial score (nSPS) is 9.53. The van der Waals surface area contributed by atoms with E-state index in [4.69, 9.17) is 5.11 Å². The summed E-state index contributed by atoms with van der Waals surface area (Å²) in [5.74, 6) is 0. The molecule has 0 bridgehead atoms. The van der Waals surface area contributed by atoms with Gasteiger partial charge in [-0.25, -0.2) is 0 Å². The monoisotopic (exact) mass is 202 g/mol. The Labute approximate surface area is 91.4 Å². The van der Waals surface area contributed by atoms with Gasteiger partial charge in [0.1, 0.15) is 0 Å². The number of benzene rings is 2. The number of hydrogen-bond acceptors (Lipinski definition) is 1. The number of aliphatic hydroxyl groups is 1. The van der Waals surface area contributed by atoms with Gasteiger partial charge in [-0.2, -0.15) is 0 Å². The average molecular weight is 202 g/mol. The maximum absolute atomic E-state index is 7.88. The van der Waals surface area contributed by atoms with Crippen molar-refractivity contribution < 1.29 is 5.11 Å². The Kier molecular flexibility index (Phi) is 4.85. The SMILES string of the molecule is CCCO.Cc1ccc2ccccc2c1. The van der Waals surface area contributed by atoms with E-state index in [1.165, 1.54) is 16.3 Å². The first-order valence-electron chi connectivity index (χ1n) is 5.34. The first-order chi connectivity index (χ1) is 7.27. The molecule has 0 unspecified atom stereocenters. The van der Waals surface area contributed by atoms with Gasteiger partial charge in [0.2, 0.25) is 0 Å². The molecule has 0 spiro atoms. The molecule has 2 rings (SSSR count). The standard InChI is InChI=1S/C11H10.C3H8O/c1-9-6-7-10-4-2-3-5-11(10)8-9;1-2-3-4/h2-8H,1H3;4H,2-3H2,1H3. The number of aryl methyl sites for hydroxylation is 1. The van der Waals surface area contributed by atoms with Crippen LogP contribution in [0.15, 0.2) is 42.5 Å². The minimum Gasteiger partial charge on any atom is -0.396 e. The van der Waals surface area contributed by atoms with Crippen LogP contribution in [0.1, 0.15) is 18.9 Å². The summed E-state index contributed by atoms with van der Waals surface area (Å²) in [6.45, 7) is 4.37. The van der Waals surface area contributed by atoms with Crippen LogP contribution in [0, 0.1) is 6.92 Å². The minimum absolute atomic E-state index is 0.319. The molecular weight excluding hydrogens is 184 g/mol. The average Bonchev–Trinajstić information content (AvgIpc) is 2.29. The highest BCUT2D eigenvalue weighted by Gasteiger charge is 1.89. The largest absolute Gasteiger partial charge is 0.396 e. The predicted molar refractivity (Wildman–Crippen MR) is 66.1 cm³/mol. The van der Waals surface area contributed by atoms with Crippen molar-refractivity contribution in [3.8, 4) is 0 Å². The second-order valence-electron chi connectivity index (χ2n) is 3.57. The van der Waals surface area contributed by atoms with Crippen LogP contribution in [0.2, 0.25) is 0 Å². The molecule has 0 aliphatic carbocycles. The number of fused-ring (bicyclic) bond motifs is 1. The van der Waals surface area contributed by atoms with Crippen molar-refractivity contribution >= 4 is 10.8 Å². The molecule has 0 aromatic heterocycles. The van der Waals surface area contributed by atoms with Crippen molar-refractivity contribution in [2.45, 2.75) is 20.3 Å². The van der Waals surface area contributed by atoms with Gasteiger partial charge in [0.05, 0.1) is 0 Å². The lowest BCUT2D eigenvalue weighted by Gasteiger charge is -1.96. The molecule has 0 aliphatic heterocycles. The molecule has 1 N–H and O–H groups in total. The van der Waals surface area contributed by atoms with Gasteiger partial charge in [-0.3, -0.25) is 0 Å². The zero-order chi connectivity index (χ0) is 11.1. The Bertz CT molecular complexity index is 405. The van der Waals surface area contributed by atoms with Crippen molar-refractivity contribution in [1.82, 2.24) is 0 Å². The fourth-order valence-corrected chi connectivity index (χ4v) is 1.31. The highest BCUT2D eigenvalue weighted by atomic mass is 16.2. The maximum atomic E-state index is 7.88. The smallest absolute Gasteiger partial charge is 0.0428 e. The van der Waals surface area contributed by atoms with Crippen LogP contribution in [0.25, 0.3) is 10.8 Å². The van der Waals surface area contributed by atoms with Crippen LogP contribution in [0.5, 0.6) is 0 Å². The summed E-state index contributed by atoms with van der Waals surface area (Å²) in [5, 5.41) is 10.5. The Balaban J connectivity index is 0.000000245. The number of hydrogen-bond donors (Lipinski definition) is 1. The summed E-state index contributed by atoms with van der Waals surface area (Å²) in [6.07, 6.45) is 0.875. The van der Waals surface area contributed by atoms with Crippen molar-refractivity contribution in [3.63, 3.8) is 0 Å². The molecule has 0 saturated carbocycles. The minimum atomic E-state index is 0.319. The molecule has 0 amide bonds. The van der Waals surface area contributed by atoms with E-state index in [-0.39, 0.29) is 0 Å². The van der Waals surface area contributed by atoms with E-state index in [0.717, 1.165) is 6.42 Å². The first-order valence-corrected chi connectivity index (χ1v) is 5.34. The van der Waals surface area contributed by atoms with Crippen molar-refractivity contribution in [3.05, 3.63) is 48.0 Å². The zero-order valence-electron chi connectivity index (χ0n) is 9.40. The van der Waals surface area contributed by atoms with Crippen LogP contribution in [0.4, 0.5) is 0 Å². The van der Waals surface area contributed by atoms with Gasteiger partial charge < -0.3 is 5.11 Å². The summed E-state index contributed by atoms with van der Waals surface area (Å²) in [6, 6.07) is 14.9. The quantitative estimate of drug-likeness (QED) is 0.750. The Morgan fingerprint density at radius 1 is 1.00 bits per heavy atom. The third-order valence-electron chi connectivity index (χ3n) is 2.13. The van der Waals surface area contributed by atoms with Crippen LogP contribution >= 0.6 is 0 Å². The van der Waals surface area contributed by atoms with Crippen LogP contribution in [-0.2, 0) is 0 Å². The van der Waals surface area contributed by atoms with Crippen molar-refractivity contribution in [2.24, 2.45) is 0 Å². The molecule has 0 atom stereocenters. The molecule has 0 saturated heterocycles. The third kappa shape index (κ3) is 3.72. The molecule has 80 valence electrons. The van der Waals surface area contributed by atoms with E-state index in [0.29, 0.717) is 6.61 Å². The summed E-state index contributed by atoms with van der Waals surface area (Å²) >= 11 is 0. The fourth-order valence-electron chi connectivity index (χ4n) is 1.31. The molecule has 2 aromatic rings. The molecule has 15 heavy (non-hydrogen) atoms. The Morgan fingerprint density at radius 2 is 1.60 bits per heavy atom. The lowest BCUT2D eigenvalue weighted by Crippen LogP contribution is -1.73. The van der Waals surface area contributed by atoms with Crippen molar-refractivity contribution in [1.29, 1.82) is 0 Å². The molecule has 1 heteroatoms. The lowest BCUT2D eigenvalue weighted by atomic mass is 10.1. The van der Waals surface area contributed by atoms with E-state index in [9.17, 15) is 0 Å². The first kappa shape index (κ1) is 11.7. The summed E-state index contributed by atoms with van der Waals surface area (Å²) in [7, 11) is 0. The van der Waals surface area contributed by atoms with Gasteiger partial charge in [0, 0.05) is 6.61 Å². The Hall–Kier alpha value is -1.34. The fraction of sp³-hybridized carbons (Fsp3) is 0.286. The third-order valence-corrected chi connectivity index (χ3v) is 2.13. The Morgan fingerprint density at radius 3 is 2.20 bits per heavy atom. The van der Waals surface area contributed by atoms with Crippen LogP contribution < -0.4 is 0 Å². The number of rotatable bonds is 1. The summed E-state index contributed by atoms with van der Waals surface area (Å²) in [5.41, 5.74) is 1.32. The highest BCUT2D eigenvalue weighted by Crippen LogP contribution is 2.14. The topological polar surface area (TPSA) is 20.2 Å². The van der Waals surface area contributed by atoms with Gasteiger partial charge in [-0.15, -0.1) is 0 Å². The molecule has 0 aliphatic rings. The zero-order valence-corrected chi connectivity index (χ0v) is 9.40. The summed E-state index contributed by atoms with van der Waals surface area (Å²) < 4.78 is 0. The van der Waals surface area contributed by atoms with Gasteiger partial charge in [-0.1, -0.05) is 55.0 Å². The molecule has 0 radical (unpaired) electrons. The summed E-state index contributed by atoms with van der Waals surface area (Å²) in [4.78, 5) is 0.